The van der Waals surface area contributed by atoms with Gasteiger partial charge in [-0.1, -0.05) is 0 Å². The zero-order valence-electron chi connectivity index (χ0n) is 13.7. The molecule has 1 N–H and O–H groups in total. The van der Waals surface area contributed by atoms with Crippen molar-refractivity contribution in [3.63, 3.8) is 0 Å². The number of aliphatic hydroxyl groups excluding tert-OH is 1. The van der Waals surface area contributed by atoms with Gasteiger partial charge in [-0.2, -0.15) is 0 Å². The first-order valence-electron chi connectivity index (χ1n) is 7.10. The number of carbonyl (C=O) groups excluding carboxylic acids is 4. The van der Waals surface area contributed by atoms with Crippen molar-refractivity contribution in [1.29, 1.82) is 0 Å². The lowest BCUT2D eigenvalue weighted by Gasteiger charge is -2.42. The van der Waals surface area contributed by atoms with Gasteiger partial charge in [0.15, 0.2) is 24.6 Å². The van der Waals surface area contributed by atoms with E-state index in [0.29, 0.717) is 0 Å². The second-order valence-corrected chi connectivity index (χ2v) is 5.09. The molecule has 136 valence electrons. The molecular formula is C14H20O10. The molecule has 1 rings (SSSR count). The van der Waals surface area contributed by atoms with Crippen LogP contribution in [0.3, 0.4) is 0 Å². The summed E-state index contributed by atoms with van der Waals surface area (Å²) in [7, 11) is 0. The van der Waals surface area contributed by atoms with Gasteiger partial charge in [-0.15, -0.1) is 0 Å². The molecular weight excluding hydrogens is 340 g/mol. The molecule has 0 aromatic carbocycles. The van der Waals surface area contributed by atoms with E-state index in [2.05, 4.69) is 0 Å². The summed E-state index contributed by atoms with van der Waals surface area (Å²) in [4.78, 5) is 44.9. The highest BCUT2D eigenvalue weighted by Gasteiger charge is 2.51. The Morgan fingerprint density at radius 1 is 0.792 bits per heavy atom. The smallest absolute Gasteiger partial charge is 0.303 e. The van der Waals surface area contributed by atoms with Crippen LogP contribution in [0.2, 0.25) is 0 Å². The summed E-state index contributed by atoms with van der Waals surface area (Å²) in [6.45, 7) is 4.09. The van der Waals surface area contributed by atoms with Gasteiger partial charge in [0.05, 0.1) is 0 Å². The third-order valence-electron chi connectivity index (χ3n) is 2.97. The monoisotopic (exact) mass is 360 g/mol. The minimum Gasteiger partial charge on any atom is -0.463 e. The maximum Gasteiger partial charge on any atom is 0.303 e. The van der Waals surface area contributed by atoms with Crippen molar-refractivity contribution in [3.8, 4) is 0 Å². The highest BCUT2D eigenvalue weighted by molar-refractivity contribution is 5.68. The Balaban J connectivity index is 3.11. The average molecular weight is 360 g/mol. The Bertz CT molecular complexity index is 502. The van der Waals surface area contributed by atoms with Gasteiger partial charge in [0, 0.05) is 27.7 Å². The van der Waals surface area contributed by atoms with Gasteiger partial charge >= 0.3 is 23.9 Å². The maximum atomic E-state index is 11.3. The Labute approximate surface area is 137 Å². The van der Waals surface area contributed by atoms with Crippen LogP contribution in [0.4, 0.5) is 0 Å². The number of ether oxygens (including phenoxy) is 5. The largest absolute Gasteiger partial charge is 0.463 e. The molecule has 0 aromatic heterocycles. The van der Waals surface area contributed by atoms with Crippen LogP contribution in [-0.2, 0) is 42.9 Å². The lowest BCUT2D eigenvalue weighted by Crippen LogP contribution is -2.62. The van der Waals surface area contributed by atoms with Crippen molar-refractivity contribution >= 4 is 23.9 Å². The molecule has 1 aliphatic heterocycles. The third-order valence-corrected chi connectivity index (χ3v) is 2.97. The second kappa shape index (κ2) is 8.60. The number of hydrogen-bond donors (Lipinski definition) is 1. The SMILES string of the molecule is CC(=O)O[14CH2][14C@H]1O[14CH](O)[14C@H](OC(C)=O)[14C@@H](OC(C)=O)[14C@@H]1OC(C)=O. The molecule has 0 saturated carbocycles. The molecule has 0 aromatic rings. The summed E-state index contributed by atoms with van der Waals surface area (Å²) in [6.07, 6.45) is -6.79. The molecule has 0 bridgehead atoms. The van der Waals surface area contributed by atoms with Gasteiger partial charge in [-0.25, -0.2) is 0 Å². The molecule has 0 radical (unpaired) electrons. The summed E-state index contributed by atoms with van der Waals surface area (Å²) in [5, 5.41) is 10.0. The Morgan fingerprint density at radius 3 is 1.71 bits per heavy atom. The zero-order chi connectivity index (χ0) is 18.4. The second-order valence-electron chi connectivity index (χ2n) is 5.09. The quantitative estimate of drug-likeness (QED) is 0.483. The molecule has 10 heteroatoms. The van der Waals surface area contributed by atoms with E-state index in [1.165, 1.54) is 0 Å². The van der Waals surface area contributed by atoms with Crippen molar-refractivity contribution in [3.05, 3.63) is 0 Å². The highest BCUT2D eigenvalue weighted by Crippen LogP contribution is 2.28. The molecule has 1 heterocycles. The van der Waals surface area contributed by atoms with E-state index < -0.39 is 54.6 Å². The van der Waals surface area contributed by atoms with E-state index in [1.807, 2.05) is 0 Å². The van der Waals surface area contributed by atoms with Crippen molar-refractivity contribution in [1.82, 2.24) is 0 Å². The van der Waals surface area contributed by atoms with Gasteiger partial charge in [0.2, 0.25) is 0 Å². The van der Waals surface area contributed by atoms with Gasteiger partial charge in [0.1, 0.15) is 12.7 Å². The summed E-state index contributed by atoms with van der Waals surface area (Å²) in [5.41, 5.74) is 0. The average Bonchev–Trinajstić information content (AvgIpc) is 2.42. The van der Waals surface area contributed by atoms with E-state index in [-0.39, 0.29) is 6.61 Å². The zero-order valence-corrected chi connectivity index (χ0v) is 13.7. The van der Waals surface area contributed by atoms with E-state index in [9.17, 15) is 24.3 Å². The van der Waals surface area contributed by atoms with Gasteiger partial charge in [-0.05, 0) is 0 Å². The highest BCUT2D eigenvalue weighted by atomic mass is 17.2. The molecule has 1 fully saturated rings. The van der Waals surface area contributed by atoms with Crippen LogP contribution in [0.1, 0.15) is 27.7 Å². The first-order chi connectivity index (χ1) is 11.1. The van der Waals surface area contributed by atoms with Crippen LogP contribution in [0.15, 0.2) is 0 Å². The standard InChI is InChI=1S/C14H20O10/c1-6(15)20-5-10-11(21-7(2)16)12(22-8(3)17)13(14(19)24-10)23-9(4)18/h10-14,19H,5H2,1-4H3/t10-,11-,12+,13-,14?/m1/s1/i5+2,10+2,11+2,12+2,13+2,14+2. The van der Waals surface area contributed by atoms with Crippen LogP contribution < -0.4 is 0 Å². The van der Waals surface area contributed by atoms with Gasteiger partial charge in [0.25, 0.3) is 0 Å². The number of hydrogen-bond acceptors (Lipinski definition) is 10. The molecule has 1 aliphatic rings. The molecule has 0 spiro atoms. The number of esters is 4. The summed E-state index contributed by atoms with van der Waals surface area (Å²) >= 11 is 0. The molecule has 1 saturated heterocycles. The Kier molecular flexibility index (Phi) is 7.11. The lowest BCUT2D eigenvalue weighted by molar-refractivity contribution is -0.296. The van der Waals surface area contributed by atoms with Crippen LogP contribution in [0.5, 0.6) is 0 Å². The van der Waals surface area contributed by atoms with E-state index in [4.69, 9.17) is 23.7 Å². The van der Waals surface area contributed by atoms with E-state index in [1.54, 1.807) is 0 Å². The minimum atomic E-state index is -1.68. The Hall–Kier alpha value is -2.20. The topological polar surface area (TPSA) is 135 Å². The fraction of sp³-hybridized carbons (Fsp3) is 0.714. The van der Waals surface area contributed by atoms with Crippen molar-refractivity contribution in [2.24, 2.45) is 0 Å². The van der Waals surface area contributed by atoms with Crippen molar-refractivity contribution in [2.45, 2.75) is 58.4 Å². The molecule has 0 aliphatic carbocycles. The molecule has 1 unspecified atom stereocenters. The van der Waals surface area contributed by atoms with Crippen LogP contribution >= 0.6 is 0 Å². The van der Waals surface area contributed by atoms with Gasteiger partial charge in [-0.3, -0.25) is 19.2 Å². The van der Waals surface area contributed by atoms with Crippen molar-refractivity contribution in [2.75, 3.05) is 6.61 Å². The van der Waals surface area contributed by atoms with Crippen LogP contribution in [-0.4, -0.2) is 66.3 Å². The summed E-state index contributed by atoms with van der Waals surface area (Å²) < 4.78 is 25.0. The van der Waals surface area contributed by atoms with E-state index >= 15 is 0 Å². The third kappa shape index (κ3) is 5.78. The minimum absolute atomic E-state index is 0.366. The maximum absolute atomic E-state index is 11.3. The molecule has 5 atom stereocenters. The number of rotatable bonds is 5. The van der Waals surface area contributed by atoms with Crippen LogP contribution in [0.25, 0.3) is 0 Å². The number of carbonyl (C=O) groups is 4. The molecule has 24 heavy (non-hydrogen) atoms. The first-order valence-corrected chi connectivity index (χ1v) is 7.10. The fourth-order valence-electron chi connectivity index (χ4n) is 2.21. The van der Waals surface area contributed by atoms with Gasteiger partial charge < -0.3 is 28.8 Å². The summed E-state index contributed by atoms with van der Waals surface area (Å²) in [5.74, 6) is -2.87. The first kappa shape index (κ1) is 19.8. The van der Waals surface area contributed by atoms with Crippen molar-refractivity contribution < 1.29 is 48.0 Å². The lowest BCUT2D eigenvalue weighted by atomic mass is 10.8. The predicted molar refractivity (Wildman–Crippen MR) is 74.2 cm³/mol. The Morgan fingerprint density at radius 2 is 1.25 bits per heavy atom. The van der Waals surface area contributed by atoms with Crippen LogP contribution in [0, 0.1) is 0 Å². The summed E-state index contributed by atoms with van der Waals surface area (Å²) in [6, 6.07) is 0. The molecule has 0 amide bonds. The normalized spacial score (nSPS) is 29.3. The fourth-order valence-corrected chi connectivity index (χ4v) is 2.21. The number of aliphatic hydroxyl groups is 1. The molecule has 10 nitrogen and oxygen atoms in total. The predicted octanol–water partition coefficient (Wildman–Crippen LogP) is -0.938. The van der Waals surface area contributed by atoms with E-state index in [0.717, 1.165) is 27.7 Å².